The van der Waals surface area contributed by atoms with Gasteiger partial charge < -0.3 is 19.3 Å². The number of hydrogen-bond acceptors (Lipinski definition) is 6. The smallest absolute Gasteiger partial charge is 0.266 e. The van der Waals surface area contributed by atoms with Crippen molar-refractivity contribution >= 4 is 11.6 Å². The van der Waals surface area contributed by atoms with E-state index in [4.69, 9.17) is 9.47 Å². The van der Waals surface area contributed by atoms with Gasteiger partial charge >= 0.3 is 0 Å². The van der Waals surface area contributed by atoms with Crippen molar-refractivity contribution < 1.29 is 14.3 Å². The maximum Gasteiger partial charge on any atom is 0.266 e. The summed E-state index contributed by atoms with van der Waals surface area (Å²) in [7, 11) is 3.29. The molecule has 178 valence electrons. The lowest BCUT2D eigenvalue weighted by Crippen LogP contribution is -2.48. The van der Waals surface area contributed by atoms with Crippen LogP contribution < -0.4 is 19.9 Å². The Bertz CT molecular complexity index is 1170. The molecule has 1 aliphatic rings. The fourth-order valence-corrected chi connectivity index (χ4v) is 4.15. The Morgan fingerprint density at radius 2 is 1.65 bits per heavy atom. The molecule has 0 unspecified atom stereocenters. The third kappa shape index (κ3) is 5.39. The second-order valence-electron chi connectivity index (χ2n) is 8.15. The molecule has 0 bridgehead atoms. The van der Waals surface area contributed by atoms with Crippen LogP contribution in [-0.4, -0.2) is 61.0 Å². The standard InChI is InChI=1S/C26H30N4O4/c1-33-21-11-9-20(10-12-21)22-13-14-26(32)30(27-22)15-5-8-25(31)29-18-16-28(17-19-29)23-6-3-4-7-24(23)34-2/h3-4,6-7,9-14H,5,8,15-19H2,1-2H3. The van der Waals surface area contributed by atoms with E-state index in [2.05, 4.69) is 10.00 Å². The Balaban J connectivity index is 1.30. The van der Waals surface area contributed by atoms with E-state index >= 15 is 0 Å². The van der Waals surface area contributed by atoms with Gasteiger partial charge in [0.25, 0.3) is 5.56 Å². The van der Waals surface area contributed by atoms with Crippen molar-refractivity contribution in [3.63, 3.8) is 0 Å². The van der Waals surface area contributed by atoms with Crippen molar-refractivity contribution in [1.82, 2.24) is 14.7 Å². The van der Waals surface area contributed by atoms with Crippen LogP contribution in [0.25, 0.3) is 11.3 Å². The van der Waals surface area contributed by atoms with Crippen LogP contribution in [0.3, 0.4) is 0 Å². The van der Waals surface area contributed by atoms with E-state index in [0.29, 0.717) is 38.2 Å². The number of carbonyl (C=O) groups is 1. The van der Waals surface area contributed by atoms with Crippen LogP contribution in [-0.2, 0) is 11.3 Å². The summed E-state index contributed by atoms with van der Waals surface area (Å²) in [6, 6.07) is 18.7. The molecule has 8 heteroatoms. The summed E-state index contributed by atoms with van der Waals surface area (Å²) < 4.78 is 12.1. The molecular formula is C26H30N4O4. The van der Waals surface area contributed by atoms with Crippen molar-refractivity contribution in [2.45, 2.75) is 19.4 Å². The molecule has 2 heterocycles. The summed E-state index contributed by atoms with van der Waals surface area (Å²) in [6.07, 6.45) is 0.945. The molecule has 0 aliphatic carbocycles. The SMILES string of the molecule is COc1ccc(-c2ccc(=O)n(CCCC(=O)N3CCN(c4ccccc4OC)CC3)n2)cc1. The lowest BCUT2D eigenvalue weighted by atomic mass is 10.1. The first-order valence-electron chi connectivity index (χ1n) is 11.5. The molecule has 1 saturated heterocycles. The molecule has 34 heavy (non-hydrogen) atoms. The van der Waals surface area contributed by atoms with Gasteiger partial charge in [-0.1, -0.05) is 12.1 Å². The fraction of sp³-hybridized carbons (Fsp3) is 0.346. The van der Waals surface area contributed by atoms with Gasteiger partial charge in [-0.25, -0.2) is 4.68 Å². The molecule has 1 amide bonds. The molecule has 0 spiro atoms. The highest BCUT2D eigenvalue weighted by molar-refractivity contribution is 5.76. The van der Waals surface area contributed by atoms with Gasteiger partial charge in [0.15, 0.2) is 0 Å². The number of aromatic nitrogens is 2. The van der Waals surface area contributed by atoms with Crippen molar-refractivity contribution in [3.8, 4) is 22.8 Å². The van der Waals surface area contributed by atoms with Crippen LogP contribution in [0.4, 0.5) is 5.69 Å². The summed E-state index contributed by atoms with van der Waals surface area (Å²) >= 11 is 0. The van der Waals surface area contributed by atoms with Gasteiger partial charge in [0.05, 0.1) is 25.6 Å². The van der Waals surface area contributed by atoms with Gasteiger partial charge in [0, 0.05) is 50.8 Å². The Hall–Kier alpha value is -3.81. The number of rotatable bonds is 8. The Morgan fingerprint density at radius 3 is 2.35 bits per heavy atom. The van der Waals surface area contributed by atoms with Crippen LogP contribution in [0.5, 0.6) is 11.5 Å². The molecule has 1 fully saturated rings. The normalized spacial score (nSPS) is 13.6. The summed E-state index contributed by atoms with van der Waals surface area (Å²) in [5, 5.41) is 4.49. The zero-order valence-corrected chi connectivity index (χ0v) is 19.6. The number of ether oxygens (including phenoxy) is 2. The summed E-state index contributed by atoms with van der Waals surface area (Å²) in [4.78, 5) is 29.2. The van der Waals surface area contributed by atoms with Gasteiger partial charge in [-0.2, -0.15) is 5.10 Å². The predicted molar refractivity (Wildman–Crippen MR) is 132 cm³/mol. The molecule has 0 N–H and O–H groups in total. The molecule has 3 aromatic rings. The number of anilines is 1. The van der Waals surface area contributed by atoms with E-state index < -0.39 is 0 Å². The zero-order chi connectivity index (χ0) is 23.9. The maximum atomic E-state index is 12.8. The number of nitrogens with zero attached hydrogens (tertiary/aromatic N) is 4. The number of hydrogen-bond donors (Lipinski definition) is 0. The van der Waals surface area contributed by atoms with Gasteiger partial charge in [-0.15, -0.1) is 0 Å². The Labute approximate surface area is 199 Å². The average Bonchev–Trinajstić information content (AvgIpc) is 2.89. The van der Waals surface area contributed by atoms with E-state index in [1.807, 2.05) is 53.4 Å². The van der Waals surface area contributed by atoms with E-state index in [1.54, 1.807) is 20.3 Å². The molecule has 2 aromatic carbocycles. The highest BCUT2D eigenvalue weighted by Gasteiger charge is 2.22. The summed E-state index contributed by atoms with van der Waals surface area (Å²) in [6.45, 7) is 3.26. The number of piperazine rings is 1. The van der Waals surface area contributed by atoms with Gasteiger partial charge in [-0.05, 0) is 48.9 Å². The fourth-order valence-electron chi connectivity index (χ4n) is 4.15. The number of aryl methyl sites for hydroxylation is 1. The van der Waals surface area contributed by atoms with Gasteiger partial charge in [-0.3, -0.25) is 9.59 Å². The topological polar surface area (TPSA) is 76.9 Å². The van der Waals surface area contributed by atoms with Crippen molar-refractivity contribution in [3.05, 3.63) is 71.0 Å². The molecule has 8 nitrogen and oxygen atoms in total. The summed E-state index contributed by atoms with van der Waals surface area (Å²) in [5.74, 6) is 1.72. The highest BCUT2D eigenvalue weighted by atomic mass is 16.5. The largest absolute Gasteiger partial charge is 0.497 e. The lowest BCUT2D eigenvalue weighted by Gasteiger charge is -2.36. The second kappa shape index (κ2) is 10.9. The van der Waals surface area contributed by atoms with Crippen LogP contribution in [0.1, 0.15) is 12.8 Å². The Kier molecular flexibility index (Phi) is 7.47. The predicted octanol–water partition coefficient (Wildman–Crippen LogP) is 3.06. The van der Waals surface area contributed by atoms with E-state index in [0.717, 1.165) is 35.8 Å². The number of methoxy groups -OCH3 is 2. The van der Waals surface area contributed by atoms with Crippen LogP contribution >= 0.6 is 0 Å². The van der Waals surface area contributed by atoms with E-state index in [9.17, 15) is 9.59 Å². The van der Waals surface area contributed by atoms with Gasteiger partial charge in [0.1, 0.15) is 11.5 Å². The van der Waals surface area contributed by atoms with Crippen LogP contribution in [0.15, 0.2) is 65.5 Å². The molecule has 1 aromatic heterocycles. The van der Waals surface area contributed by atoms with Crippen LogP contribution in [0.2, 0.25) is 0 Å². The first kappa shape index (κ1) is 23.4. The molecule has 1 aliphatic heterocycles. The highest BCUT2D eigenvalue weighted by Crippen LogP contribution is 2.28. The van der Waals surface area contributed by atoms with E-state index in [-0.39, 0.29) is 11.5 Å². The van der Waals surface area contributed by atoms with Crippen molar-refractivity contribution in [2.75, 3.05) is 45.3 Å². The number of carbonyl (C=O) groups excluding carboxylic acids is 1. The minimum Gasteiger partial charge on any atom is -0.497 e. The minimum absolute atomic E-state index is 0.110. The van der Waals surface area contributed by atoms with Gasteiger partial charge in [0.2, 0.25) is 5.91 Å². The monoisotopic (exact) mass is 462 g/mol. The quantitative estimate of drug-likeness (QED) is 0.512. The lowest BCUT2D eigenvalue weighted by molar-refractivity contribution is -0.131. The number of benzene rings is 2. The average molecular weight is 463 g/mol. The maximum absolute atomic E-state index is 12.8. The van der Waals surface area contributed by atoms with E-state index in [1.165, 1.54) is 10.7 Å². The Morgan fingerprint density at radius 1 is 0.912 bits per heavy atom. The first-order valence-corrected chi connectivity index (χ1v) is 11.5. The molecule has 0 radical (unpaired) electrons. The third-order valence-corrected chi connectivity index (χ3v) is 6.07. The third-order valence-electron chi connectivity index (χ3n) is 6.07. The molecule has 4 rings (SSSR count). The van der Waals surface area contributed by atoms with Crippen molar-refractivity contribution in [2.24, 2.45) is 0 Å². The molecule has 0 atom stereocenters. The summed E-state index contributed by atoms with van der Waals surface area (Å²) in [5.41, 5.74) is 2.49. The first-order chi connectivity index (χ1) is 16.6. The molecular weight excluding hydrogens is 432 g/mol. The second-order valence-corrected chi connectivity index (χ2v) is 8.15. The zero-order valence-electron chi connectivity index (χ0n) is 19.6. The molecule has 0 saturated carbocycles. The number of para-hydroxylation sites is 2. The van der Waals surface area contributed by atoms with Crippen molar-refractivity contribution in [1.29, 1.82) is 0 Å². The van der Waals surface area contributed by atoms with Crippen LogP contribution in [0, 0.1) is 0 Å². The number of amides is 1. The minimum atomic E-state index is -0.171.